The van der Waals surface area contributed by atoms with Crippen LogP contribution in [0.25, 0.3) is 0 Å². The lowest BCUT2D eigenvalue weighted by atomic mass is 9.95. The minimum atomic E-state index is 0.00699. The molecule has 2 bridgehead atoms. The van der Waals surface area contributed by atoms with E-state index >= 15 is 0 Å². The fourth-order valence-corrected chi connectivity index (χ4v) is 2.69. The summed E-state index contributed by atoms with van der Waals surface area (Å²) in [7, 11) is 0. The van der Waals surface area contributed by atoms with Crippen LogP contribution in [0.1, 0.15) is 25.7 Å². The molecular weight excluding hydrogens is 152 g/mol. The third kappa shape index (κ3) is 1.33. The Morgan fingerprint density at radius 1 is 1.42 bits per heavy atom. The van der Waals surface area contributed by atoms with Gasteiger partial charge in [-0.2, -0.15) is 0 Å². The van der Waals surface area contributed by atoms with Crippen LogP contribution >= 0.6 is 0 Å². The Kier molecular flexibility index (Phi) is 2.05. The summed E-state index contributed by atoms with van der Waals surface area (Å²) in [6.45, 7) is 0.133. The van der Waals surface area contributed by atoms with E-state index < -0.39 is 0 Å². The van der Waals surface area contributed by atoms with Gasteiger partial charge in [-0.05, 0) is 31.1 Å². The molecule has 3 heteroatoms. The van der Waals surface area contributed by atoms with Crippen LogP contribution in [0.15, 0.2) is 0 Å². The molecule has 0 aromatic rings. The molecular formula is C9H16N2O. The van der Waals surface area contributed by atoms with E-state index in [1.165, 1.54) is 25.7 Å². The largest absolute Gasteiger partial charge is 0.352 e. The van der Waals surface area contributed by atoms with Gasteiger partial charge in [0.25, 0.3) is 0 Å². The van der Waals surface area contributed by atoms with Crippen molar-refractivity contribution in [3.05, 3.63) is 0 Å². The lowest BCUT2D eigenvalue weighted by Crippen LogP contribution is -2.41. The van der Waals surface area contributed by atoms with Gasteiger partial charge in [-0.15, -0.1) is 0 Å². The normalized spacial score (nSPS) is 38.6. The number of carbonyl (C=O) groups is 1. The molecule has 0 saturated heterocycles. The standard InChI is InChI=1S/C9H16N2O/c10-5-9(12)11-8-4-6-1-2-7(8)3-6/h6-8H,1-5,10H2,(H,11,12). The van der Waals surface area contributed by atoms with Gasteiger partial charge in [0.2, 0.25) is 5.91 Å². The van der Waals surface area contributed by atoms with E-state index in [1.54, 1.807) is 0 Å². The van der Waals surface area contributed by atoms with Crippen LogP contribution in [0.2, 0.25) is 0 Å². The summed E-state index contributed by atoms with van der Waals surface area (Å²) in [6, 6.07) is 0.444. The molecule has 0 spiro atoms. The lowest BCUT2D eigenvalue weighted by molar-refractivity contribution is -0.120. The second-order valence-corrected chi connectivity index (χ2v) is 4.05. The predicted octanol–water partition coefficient (Wildman–Crippen LogP) is 0.250. The molecule has 1 amide bonds. The summed E-state index contributed by atoms with van der Waals surface area (Å²) in [4.78, 5) is 11.0. The molecule has 2 rings (SSSR count). The number of fused-ring (bicyclic) bond motifs is 2. The first-order valence-electron chi connectivity index (χ1n) is 4.79. The summed E-state index contributed by atoms with van der Waals surface area (Å²) < 4.78 is 0. The Morgan fingerprint density at radius 3 is 2.75 bits per heavy atom. The summed E-state index contributed by atoms with van der Waals surface area (Å²) in [5, 5.41) is 3.00. The molecule has 3 unspecified atom stereocenters. The lowest BCUT2D eigenvalue weighted by Gasteiger charge is -2.22. The van der Waals surface area contributed by atoms with E-state index in [0.717, 1.165) is 11.8 Å². The number of nitrogens with two attached hydrogens (primary N) is 1. The monoisotopic (exact) mass is 168 g/mol. The number of rotatable bonds is 2. The van der Waals surface area contributed by atoms with Crippen molar-refractivity contribution in [2.24, 2.45) is 17.6 Å². The highest BCUT2D eigenvalue weighted by atomic mass is 16.1. The van der Waals surface area contributed by atoms with Crippen LogP contribution in [0.4, 0.5) is 0 Å². The smallest absolute Gasteiger partial charge is 0.233 e. The molecule has 2 fully saturated rings. The van der Waals surface area contributed by atoms with E-state index in [9.17, 15) is 4.79 Å². The Bertz CT molecular complexity index is 193. The zero-order valence-corrected chi connectivity index (χ0v) is 7.25. The first kappa shape index (κ1) is 8.05. The van der Waals surface area contributed by atoms with E-state index in [-0.39, 0.29) is 12.5 Å². The molecule has 12 heavy (non-hydrogen) atoms. The number of amides is 1. The van der Waals surface area contributed by atoms with Gasteiger partial charge < -0.3 is 11.1 Å². The number of carbonyl (C=O) groups excluding carboxylic acids is 1. The molecule has 3 nitrogen and oxygen atoms in total. The van der Waals surface area contributed by atoms with Crippen LogP contribution in [0, 0.1) is 11.8 Å². The summed E-state index contributed by atoms with van der Waals surface area (Å²) in [5.74, 6) is 1.65. The molecule has 0 aromatic heterocycles. The second kappa shape index (κ2) is 3.05. The van der Waals surface area contributed by atoms with Gasteiger partial charge in [0.15, 0.2) is 0 Å². The highest BCUT2D eigenvalue weighted by Crippen LogP contribution is 2.44. The van der Waals surface area contributed by atoms with Crippen LogP contribution < -0.4 is 11.1 Å². The fraction of sp³-hybridized carbons (Fsp3) is 0.889. The second-order valence-electron chi connectivity index (χ2n) is 4.05. The molecule has 0 aliphatic heterocycles. The zero-order chi connectivity index (χ0) is 8.55. The fourth-order valence-electron chi connectivity index (χ4n) is 2.69. The Balaban J connectivity index is 1.86. The molecule has 68 valence electrons. The van der Waals surface area contributed by atoms with E-state index in [2.05, 4.69) is 5.32 Å². The van der Waals surface area contributed by atoms with E-state index in [4.69, 9.17) is 5.73 Å². The van der Waals surface area contributed by atoms with Crippen LogP contribution in [0.3, 0.4) is 0 Å². The minimum absolute atomic E-state index is 0.00699. The van der Waals surface area contributed by atoms with Crippen molar-refractivity contribution in [3.63, 3.8) is 0 Å². The summed E-state index contributed by atoms with van der Waals surface area (Å²) >= 11 is 0. The van der Waals surface area contributed by atoms with Gasteiger partial charge >= 0.3 is 0 Å². The van der Waals surface area contributed by atoms with Gasteiger partial charge in [-0.1, -0.05) is 6.42 Å². The van der Waals surface area contributed by atoms with Crippen LogP contribution in [0.5, 0.6) is 0 Å². The van der Waals surface area contributed by atoms with Crippen LogP contribution in [-0.4, -0.2) is 18.5 Å². The maximum atomic E-state index is 11.0. The number of nitrogens with one attached hydrogen (secondary N) is 1. The molecule has 3 atom stereocenters. The topological polar surface area (TPSA) is 55.1 Å². The van der Waals surface area contributed by atoms with Crippen molar-refractivity contribution >= 4 is 5.91 Å². The maximum Gasteiger partial charge on any atom is 0.233 e. The zero-order valence-electron chi connectivity index (χ0n) is 7.25. The third-order valence-corrected chi connectivity index (χ3v) is 3.27. The molecule has 0 radical (unpaired) electrons. The van der Waals surface area contributed by atoms with Gasteiger partial charge in [0, 0.05) is 6.04 Å². The summed E-state index contributed by atoms with van der Waals surface area (Å²) in [5.41, 5.74) is 5.24. The minimum Gasteiger partial charge on any atom is -0.352 e. The van der Waals surface area contributed by atoms with E-state index in [1.807, 2.05) is 0 Å². The highest BCUT2D eigenvalue weighted by molar-refractivity contribution is 5.78. The average molecular weight is 168 g/mol. The average Bonchev–Trinajstić information content (AvgIpc) is 2.64. The molecule has 0 aromatic carbocycles. The quantitative estimate of drug-likeness (QED) is 0.621. The molecule has 0 heterocycles. The third-order valence-electron chi connectivity index (χ3n) is 3.27. The van der Waals surface area contributed by atoms with E-state index in [0.29, 0.717) is 6.04 Å². The van der Waals surface area contributed by atoms with Gasteiger partial charge in [0.1, 0.15) is 0 Å². The van der Waals surface area contributed by atoms with Gasteiger partial charge in [-0.25, -0.2) is 0 Å². The molecule has 2 aliphatic carbocycles. The SMILES string of the molecule is NCC(=O)NC1CC2CCC1C2. The van der Waals surface area contributed by atoms with Crippen molar-refractivity contribution < 1.29 is 4.79 Å². The van der Waals surface area contributed by atoms with Gasteiger partial charge in [0.05, 0.1) is 6.54 Å². The Hall–Kier alpha value is -0.570. The first-order valence-corrected chi connectivity index (χ1v) is 4.79. The predicted molar refractivity (Wildman–Crippen MR) is 46.4 cm³/mol. The number of hydrogen-bond donors (Lipinski definition) is 2. The molecule has 2 saturated carbocycles. The summed E-state index contributed by atoms with van der Waals surface area (Å²) in [6.07, 6.45) is 5.20. The van der Waals surface area contributed by atoms with Crippen LogP contribution in [-0.2, 0) is 4.79 Å². The maximum absolute atomic E-state index is 11.0. The van der Waals surface area contributed by atoms with Crippen molar-refractivity contribution in [1.82, 2.24) is 5.32 Å². The first-order chi connectivity index (χ1) is 5.79. The Morgan fingerprint density at radius 2 is 2.25 bits per heavy atom. The highest BCUT2D eigenvalue weighted by Gasteiger charge is 2.39. The van der Waals surface area contributed by atoms with Crippen molar-refractivity contribution in [1.29, 1.82) is 0 Å². The Labute approximate surface area is 72.7 Å². The number of hydrogen-bond acceptors (Lipinski definition) is 2. The van der Waals surface area contributed by atoms with Crippen molar-refractivity contribution in [3.8, 4) is 0 Å². The van der Waals surface area contributed by atoms with Gasteiger partial charge in [-0.3, -0.25) is 4.79 Å². The molecule has 3 N–H and O–H groups in total. The van der Waals surface area contributed by atoms with Crippen molar-refractivity contribution in [2.45, 2.75) is 31.7 Å². The molecule has 2 aliphatic rings. The van der Waals surface area contributed by atoms with Crippen molar-refractivity contribution in [2.75, 3.05) is 6.54 Å².